The number of ether oxygens (including phenoxy) is 2. The van der Waals surface area contributed by atoms with Crippen LogP contribution in [0, 0.1) is 0 Å². The average molecular weight is 384 g/mol. The second-order valence-electron chi connectivity index (χ2n) is 6.59. The molecule has 0 spiro atoms. The molecule has 0 unspecified atom stereocenters. The molecule has 0 radical (unpaired) electrons. The van der Waals surface area contributed by atoms with Crippen molar-refractivity contribution in [2.24, 2.45) is 0 Å². The second-order valence-corrected chi connectivity index (χ2v) is 6.59. The van der Waals surface area contributed by atoms with Crippen LogP contribution >= 0.6 is 0 Å². The van der Waals surface area contributed by atoms with Crippen molar-refractivity contribution in [1.82, 2.24) is 4.90 Å². The zero-order chi connectivity index (χ0) is 20.1. The van der Waals surface area contributed by atoms with E-state index in [2.05, 4.69) is 4.90 Å². The molecule has 28 heavy (non-hydrogen) atoms. The van der Waals surface area contributed by atoms with Crippen molar-refractivity contribution in [3.8, 4) is 17.2 Å². The molecule has 1 aliphatic heterocycles. The summed E-state index contributed by atoms with van der Waals surface area (Å²) < 4.78 is 10.9. The summed E-state index contributed by atoms with van der Waals surface area (Å²) in [5.74, 6) is 0.943. The fourth-order valence-electron chi connectivity index (χ4n) is 3.11. The molecular formula is C21H24N2O5. The number of ketones is 1. The number of phenols is 1. The summed E-state index contributed by atoms with van der Waals surface area (Å²) in [7, 11) is 1.50. The minimum Gasteiger partial charge on any atom is -0.508 e. The molecule has 3 rings (SSSR count). The van der Waals surface area contributed by atoms with Gasteiger partial charge in [-0.05, 0) is 49.4 Å². The van der Waals surface area contributed by atoms with Crippen LogP contribution in [0.5, 0.6) is 17.2 Å². The van der Waals surface area contributed by atoms with E-state index in [4.69, 9.17) is 9.47 Å². The molecule has 0 aromatic heterocycles. The Bertz CT molecular complexity index is 842. The number of hydrogen-bond donors (Lipinski definition) is 1. The highest BCUT2D eigenvalue weighted by molar-refractivity contribution is 5.94. The molecule has 2 aromatic carbocycles. The Morgan fingerprint density at radius 2 is 1.68 bits per heavy atom. The predicted octanol–water partition coefficient (Wildman–Crippen LogP) is 2.33. The number of rotatable bonds is 6. The van der Waals surface area contributed by atoms with E-state index in [1.165, 1.54) is 14.0 Å². The summed E-state index contributed by atoms with van der Waals surface area (Å²) in [4.78, 5) is 27.9. The van der Waals surface area contributed by atoms with Crippen molar-refractivity contribution >= 4 is 17.4 Å². The Hall–Kier alpha value is -3.22. The summed E-state index contributed by atoms with van der Waals surface area (Å²) in [5, 5.41) is 9.39. The molecule has 148 valence electrons. The van der Waals surface area contributed by atoms with Crippen LogP contribution in [-0.2, 0) is 4.79 Å². The van der Waals surface area contributed by atoms with Gasteiger partial charge in [0.05, 0.1) is 7.11 Å². The Morgan fingerprint density at radius 1 is 1.00 bits per heavy atom. The highest BCUT2D eigenvalue weighted by Gasteiger charge is 2.22. The monoisotopic (exact) mass is 384 g/mol. The zero-order valence-corrected chi connectivity index (χ0v) is 16.1. The summed E-state index contributed by atoms with van der Waals surface area (Å²) in [6.07, 6.45) is 0. The Balaban J connectivity index is 1.53. The van der Waals surface area contributed by atoms with Crippen LogP contribution in [0.2, 0.25) is 0 Å². The molecule has 1 N–H and O–H groups in total. The van der Waals surface area contributed by atoms with Gasteiger partial charge in [0.15, 0.2) is 23.9 Å². The van der Waals surface area contributed by atoms with Gasteiger partial charge < -0.3 is 24.4 Å². The number of anilines is 1. The van der Waals surface area contributed by atoms with Crippen molar-refractivity contribution in [2.45, 2.75) is 6.92 Å². The first-order chi connectivity index (χ1) is 13.5. The van der Waals surface area contributed by atoms with Crippen LogP contribution < -0.4 is 14.4 Å². The molecule has 1 aliphatic rings. The fraction of sp³-hybridized carbons (Fsp3) is 0.333. The zero-order valence-electron chi connectivity index (χ0n) is 16.1. The van der Waals surface area contributed by atoms with Gasteiger partial charge in [0, 0.05) is 37.4 Å². The molecule has 1 heterocycles. The number of amides is 1. The maximum absolute atomic E-state index is 12.5. The number of methoxy groups -OCH3 is 1. The quantitative estimate of drug-likeness (QED) is 0.770. The first-order valence-electron chi connectivity index (χ1n) is 9.11. The van der Waals surface area contributed by atoms with E-state index in [1.54, 1.807) is 35.2 Å². The first-order valence-corrected chi connectivity index (χ1v) is 9.11. The normalized spacial score (nSPS) is 13.9. The van der Waals surface area contributed by atoms with Crippen LogP contribution in [0.1, 0.15) is 17.3 Å². The first kappa shape index (κ1) is 19.5. The highest BCUT2D eigenvalue weighted by atomic mass is 16.5. The van der Waals surface area contributed by atoms with Gasteiger partial charge in [-0.2, -0.15) is 0 Å². The molecule has 7 nitrogen and oxygen atoms in total. The number of nitrogens with zero attached hydrogens (tertiary/aromatic N) is 2. The maximum Gasteiger partial charge on any atom is 0.260 e. The number of piperazine rings is 1. The summed E-state index contributed by atoms with van der Waals surface area (Å²) in [6.45, 7) is 4.03. The van der Waals surface area contributed by atoms with Crippen molar-refractivity contribution < 1.29 is 24.2 Å². The van der Waals surface area contributed by atoms with Gasteiger partial charge >= 0.3 is 0 Å². The molecule has 0 aliphatic carbocycles. The second kappa shape index (κ2) is 8.65. The number of benzene rings is 2. The van der Waals surface area contributed by atoms with Gasteiger partial charge in [-0.1, -0.05) is 0 Å². The third-order valence-corrected chi connectivity index (χ3v) is 4.77. The van der Waals surface area contributed by atoms with Crippen LogP contribution in [-0.4, -0.2) is 61.6 Å². The minimum absolute atomic E-state index is 0.0626. The third kappa shape index (κ3) is 4.54. The SMILES string of the molecule is COc1cc(C(C)=O)ccc1OCC(=O)N1CCN(c2ccc(O)cc2)CC1. The maximum atomic E-state index is 12.5. The summed E-state index contributed by atoms with van der Waals surface area (Å²) in [5.41, 5.74) is 1.55. The molecule has 1 amide bonds. The smallest absolute Gasteiger partial charge is 0.260 e. The lowest BCUT2D eigenvalue weighted by Crippen LogP contribution is -2.50. The Morgan fingerprint density at radius 3 is 2.29 bits per heavy atom. The van der Waals surface area contributed by atoms with Crippen molar-refractivity contribution in [1.29, 1.82) is 0 Å². The Kier molecular flexibility index (Phi) is 6.03. The van der Waals surface area contributed by atoms with Crippen LogP contribution in [0.15, 0.2) is 42.5 Å². The van der Waals surface area contributed by atoms with Crippen LogP contribution in [0.3, 0.4) is 0 Å². The van der Waals surface area contributed by atoms with Crippen molar-refractivity contribution in [3.05, 3.63) is 48.0 Å². The summed E-state index contributed by atoms with van der Waals surface area (Å²) >= 11 is 0. The van der Waals surface area contributed by atoms with Gasteiger partial charge in [0.2, 0.25) is 0 Å². The topological polar surface area (TPSA) is 79.3 Å². The molecule has 0 atom stereocenters. The van der Waals surface area contributed by atoms with E-state index >= 15 is 0 Å². The highest BCUT2D eigenvalue weighted by Crippen LogP contribution is 2.28. The molecular weight excluding hydrogens is 360 g/mol. The summed E-state index contributed by atoms with van der Waals surface area (Å²) in [6, 6.07) is 12.0. The van der Waals surface area contributed by atoms with Gasteiger partial charge in [0.25, 0.3) is 5.91 Å². The molecule has 0 bridgehead atoms. The number of carbonyl (C=O) groups is 2. The lowest BCUT2D eigenvalue weighted by atomic mass is 10.1. The fourth-order valence-corrected chi connectivity index (χ4v) is 3.11. The number of Topliss-reactive ketones (excluding diaryl/α,β-unsaturated/α-hetero) is 1. The van der Waals surface area contributed by atoms with Crippen LogP contribution in [0.4, 0.5) is 5.69 Å². The number of carbonyl (C=O) groups excluding carboxylic acids is 2. The molecule has 0 saturated carbocycles. The number of phenolic OH excluding ortho intramolecular Hbond substituents is 1. The lowest BCUT2D eigenvalue weighted by Gasteiger charge is -2.36. The Labute approximate surface area is 164 Å². The molecule has 7 heteroatoms. The van der Waals surface area contributed by atoms with Gasteiger partial charge in [0.1, 0.15) is 5.75 Å². The third-order valence-electron chi connectivity index (χ3n) is 4.77. The van der Waals surface area contributed by atoms with Crippen molar-refractivity contribution in [2.75, 3.05) is 44.8 Å². The van der Waals surface area contributed by atoms with Crippen molar-refractivity contribution in [3.63, 3.8) is 0 Å². The minimum atomic E-state index is -0.0944. The van der Waals surface area contributed by atoms with E-state index in [-0.39, 0.29) is 24.0 Å². The average Bonchev–Trinajstić information content (AvgIpc) is 2.72. The van der Waals surface area contributed by atoms with Gasteiger partial charge in [-0.15, -0.1) is 0 Å². The van der Waals surface area contributed by atoms with E-state index in [9.17, 15) is 14.7 Å². The number of hydrogen-bond acceptors (Lipinski definition) is 6. The lowest BCUT2D eigenvalue weighted by molar-refractivity contribution is -0.133. The van der Waals surface area contributed by atoms with E-state index in [0.717, 1.165) is 5.69 Å². The molecule has 1 fully saturated rings. The van der Waals surface area contributed by atoms with Gasteiger partial charge in [-0.25, -0.2) is 0 Å². The predicted molar refractivity (Wildman–Crippen MR) is 105 cm³/mol. The largest absolute Gasteiger partial charge is 0.508 e. The van der Waals surface area contributed by atoms with Crippen LogP contribution in [0.25, 0.3) is 0 Å². The molecule has 2 aromatic rings. The molecule has 1 saturated heterocycles. The van der Waals surface area contributed by atoms with E-state index < -0.39 is 0 Å². The van der Waals surface area contributed by atoms with E-state index in [0.29, 0.717) is 43.2 Å². The number of aromatic hydroxyl groups is 1. The van der Waals surface area contributed by atoms with E-state index in [1.807, 2.05) is 12.1 Å². The van der Waals surface area contributed by atoms with Gasteiger partial charge in [-0.3, -0.25) is 9.59 Å². The standard InChI is InChI=1S/C21H24N2O5/c1-15(24)16-3-8-19(20(13-16)27-2)28-14-21(26)23-11-9-22(10-12-23)17-4-6-18(25)7-5-17/h3-8,13,25H,9-12,14H2,1-2H3.